The molecular formula is C16H14ClF3NO5P. The van der Waals surface area contributed by atoms with Crippen molar-refractivity contribution in [2.24, 2.45) is 0 Å². The molecule has 11 heteroatoms. The van der Waals surface area contributed by atoms with E-state index in [-0.39, 0.29) is 28.0 Å². The molecule has 0 saturated carbocycles. The lowest BCUT2D eigenvalue weighted by molar-refractivity contribution is -0.383. The van der Waals surface area contributed by atoms with E-state index in [4.69, 9.17) is 20.9 Å². The van der Waals surface area contributed by atoms with Crippen LogP contribution in [0.1, 0.15) is 12.5 Å². The first kappa shape index (κ1) is 21.2. The third kappa shape index (κ3) is 4.61. The lowest BCUT2D eigenvalue weighted by Crippen LogP contribution is -2.13. The number of hydrogen-bond acceptors (Lipinski definition) is 5. The van der Waals surface area contributed by atoms with E-state index in [1.165, 1.54) is 19.2 Å². The van der Waals surface area contributed by atoms with Gasteiger partial charge in [0.15, 0.2) is 0 Å². The van der Waals surface area contributed by atoms with Crippen LogP contribution >= 0.6 is 19.0 Å². The smallest absolute Gasteiger partial charge is 0.416 e. The quantitative estimate of drug-likeness (QED) is 0.342. The molecule has 2 aromatic rings. The molecule has 0 heterocycles. The summed E-state index contributed by atoms with van der Waals surface area (Å²) in [6, 6.07) is 6.01. The Morgan fingerprint density at radius 1 is 1.22 bits per heavy atom. The van der Waals surface area contributed by atoms with E-state index >= 15 is 0 Å². The Kier molecular flexibility index (Phi) is 6.19. The highest BCUT2D eigenvalue weighted by atomic mass is 35.5. The van der Waals surface area contributed by atoms with Crippen LogP contribution in [0, 0.1) is 10.1 Å². The first-order valence-corrected chi connectivity index (χ1v) is 9.69. The van der Waals surface area contributed by atoms with Gasteiger partial charge in [-0.2, -0.15) is 13.2 Å². The summed E-state index contributed by atoms with van der Waals surface area (Å²) >= 11 is 5.84. The number of nitro benzene ring substituents is 1. The Hall–Kier alpha value is -2.09. The number of halogens is 4. The molecule has 6 nitrogen and oxygen atoms in total. The zero-order chi connectivity index (χ0) is 20.4. The Morgan fingerprint density at radius 3 is 2.37 bits per heavy atom. The van der Waals surface area contributed by atoms with Gasteiger partial charge in [0, 0.05) is 25.4 Å². The molecule has 0 aliphatic rings. The predicted molar refractivity (Wildman–Crippen MR) is 94.4 cm³/mol. The second-order valence-electron chi connectivity index (χ2n) is 5.32. The third-order valence-corrected chi connectivity index (χ3v) is 6.52. The topological polar surface area (TPSA) is 78.7 Å². The van der Waals surface area contributed by atoms with Crippen molar-refractivity contribution in [1.29, 1.82) is 0 Å². The summed E-state index contributed by atoms with van der Waals surface area (Å²) in [5.41, 5.74) is -1.35. The highest BCUT2D eigenvalue weighted by molar-refractivity contribution is 7.67. The molecule has 0 aliphatic carbocycles. The first-order valence-electron chi connectivity index (χ1n) is 7.50. The van der Waals surface area contributed by atoms with Crippen LogP contribution in [0.4, 0.5) is 18.9 Å². The molecule has 0 bridgehead atoms. The lowest BCUT2D eigenvalue weighted by Gasteiger charge is -2.16. The first-order chi connectivity index (χ1) is 12.5. The second-order valence-corrected chi connectivity index (χ2v) is 8.56. The Labute approximate surface area is 157 Å². The highest BCUT2D eigenvalue weighted by Crippen LogP contribution is 2.48. The van der Waals surface area contributed by atoms with E-state index < -0.39 is 29.7 Å². The minimum Gasteiger partial charge on any atom is -0.456 e. The molecule has 1 unspecified atom stereocenters. The van der Waals surface area contributed by atoms with Gasteiger partial charge in [-0.15, -0.1) is 0 Å². The van der Waals surface area contributed by atoms with E-state index in [2.05, 4.69) is 0 Å². The van der Waals surface area contributed by atoms with Crippen LogP contribution in [-0.4, -0.2) is 18.2 Å². The summed E-state index contributed by atoms with van der Waals surface area (Å²) in [6.07, 6.45) is -4.55. The van der Waals surface area contributed by atoms with E-state index in [1.54, 1.807) is 6.92 Å². The van der Waals surface area contributed by atoms with Crippen molar-refractivity contribution in [3.05, 3.63) is 57.1 Å². The number of rotatable bonds is 6. The van der Waals surface area contributed by atoms with Crippen molar-refractivity contribution in [3.63, 3.8) is 0 Å². The molecule has 146 valence electrons. The maximum Gasteiger partial charge on any atom is 0.416 e. The summed E-state index contributed by atoms with van der Waals surface area (Å²) in [5, 5.41) is 10.8. The van der Waals surface area contributed by atoms with Gasteiger partial charge in [-0.1, -0.05) is 18.5 Å². The molecule has 0 amide bonds. The average molecular weight is 424 g/mol. The minimum atomic E-state index is -4.56. The standard InChI is InChI=1S/C16H14ClF3NO5P/c1-3-27(24,25-2)15-9-11(5-6-13(15)21(22)23)26-14-7-4-10(8-12(14)17)16(18,19)20/h4-9H,3H2,1-2H3. The SMILES string of the molecule is CCP(=O)(OC)c1cc(Oc2ccc(C(F)(F)F)cc2Cl)ccc1[N+](=O)[O-]. The summed E-state index contributed by atoms with van der Waals surface area (Å²) in [6.45, 7) is 1.55. The molecule has 0 N–H and O–H groups in total. The van der Waals surface area contributed by atoms with Crippen LogP contribution in [0.15, 0.2) is 36.4 Å². The van der Waals surface area contributed by atoms with Gasteiger partial charge in [0.1, 0.15) is 16.8 Å². The Bertz CT molecular complexity index is 911. The summed E-state index contributed by atoms with van der Waals surface area (Å²) < 4.78 is 61.3. The van der Waals surface area contributed by atoms with Crippen LogP contribution < -0.4 is 10.0 Å². The predicted octanol–water partition coefficient (Wildman–Crippen LogP) is 5.63. The number of ether oxygens (including phenoxy) is 1. The van der Waals surface area contributed by atoms with Crippen LogP contribution in [-0.2, 0) is 15.3 Å². The van der Waals surface area contributed by atoms with E-state index in [0.717, 1.165) is 18.2 Å². The normalized spacial score (nSPS) is 13.9. The van der Waals surface area contributed by atoms with Crippen LogP contribution in [0.5, 0.6) is 11.5 Å². The molecule has 0 fully saturated rings. The fourth-order valence-corrected chi connectivity index (χ4v) is 4.12. The van der Waals surface area contributed by atoms with Gasteiger partial charge < -0.3 is 9.26 Å². The molecule has 0 radical (unpaired) electrons. The molecule has 1 atom stereocenters. The van der Waals surface area contributed by atoms with E-state index in [0.29, 0.717) is 6.07 Å². The largest absolute Gasteiger partial charge is 0.456 e. The van der Waals surface area contributed by atoms with Gasteiger partial charge in [-0.05, 0) is 24.3 Å². The maximum absolute atomic E-state index is 12.8. The molecule has 0 aromatic heterocycles. The van der Waals surface area contributed by atoms with Crippen molar-refractivity contribution in [3.8, 4) is 11.5 Å². The van der Waals surface area contributed by atoms with Crippen LogP contribution in [0.25, 0.3) is 0 Å². The summed E-state index contributed by atoms with van der Waals surface area (Å²) in [4.78, 5) is 10.5. The van der Waals surface area contributed by atoms with Crippen molar-refractivity contribution in [1.82, 2.24) is 0 Å². The molecular weight excluding hydrogens is 410 g/mol. The molecule has 27 heavy (non-hydrogen) atoms. The number of nitro groups is 1. The summed E-state index contributed by atoms with van der Waals surface area (Å²) in [5.74, 6) is -0.0730. The second kappa shape index (κ2) is 7.88. The monoisotopic (exact) mass is 423 g/mol. The van der Waals surface area contributed by atoms with E-state index in [1.807, 2.05) is 0 Å². The number of nitrogens with zero attached hydrogens (tertiary/aromatic N) is 1. The fraction of sp³-hybridized carbons (Fsp3) is 0.250. The number of hydrogen-bond donors (Lipinski definition) is 0. The Morgan fingerprint density at radius 2 is 1.89 bits per heavy atom. The van der Waals surface area contributed by atoms with Gasteiger partial charge in [0.05, 0.1) is 15.5 Å². The van der Waals surface area contributed by atoms with Crippen molar-refractivity contribution in [2.75, 3.05) is 13.3 Å². The third-order valence-electron chi connectivity index (χ3n) is 3.71. The van der Waals surface area contributed by atoms with Crippen LogP contribution in [0.2, 0.25) is 5.02 Å². The van der Waals surface area contributed by atoms with E-state index in [9.17, 15) is 27.9 Å². The zero-order valence-electron chi connectivity index (χ0n) is 14.1. The molecule has 0 saturated heterocycles. The molecule has 2 aromatic carbocycles. The fourth-order valence-electron chi connectivity index (χ4n) is 2.28. The maximum atomic E-state index is 12.8. The number of benzene rings is 2. The Balaban J connectivity index is 2.46. The summed E-state index contributed by atoms with van der Waals surface area (Å²) in [7, 11) is -2.33. The lowest BCUT2D eigenvalue weighted by atomic mass is 10.2. The van der Waals surface area contributed by atoms with Crippen LogP contribution in [0.3, 0.4) is 0 Å². The highest BCUT2D eigenvalue weighted by Gasteiger charge is 2.33. The van der Waals surface area contributed by atoms with Crippen molar-refractivity contribution in [2.45, 2.75) is 13.1 Å². The number of alkyl halides is 3. The van der Waals surface area contributed by atoms with Gasteiger partial charge in [-0.3, -0.25) is 14.7 Å². The minimum absolute atomic E-state index is 0.00876. The van der Waals surface area contributed by atoms with Crippen molar-refractivity contribution >= 4 is 30.0 Å². The zero-order valence-corrected chi connectivity index (χ0v) is 15.8. The van der Waals surface area contributed by atoms with Gasteiger partial charge in [0.2, 0.25) is 7.37 Å². The van der Waals surface area contributed by atoms with Gasteiger partial charge >= 0.3 is 6.18 Å². The van der Waals surface area contributed by atoms with Gasteiger partial charge in [0.25, 0.3) is 5.69 Å². The average Bonchev–Trinajstić information content (AvgIpc) is 2.61. The van der Waals surface area contributed by atoms with Gasteiger partial charge in [-0.25, -0.2) is 0 Å². The molecule has 2 rings (SSSR count). The molecule has 0 aliphatic heterocycles. The van der Waals surface area contributed by atoms with Crippen molar-refractivity contribution < 1.29 is 31.9 Å². The molecule has 0 spiro atoms.